The van der Waals surface area contributed by atoms with E-state index in [9.17, 15) is 0 Å². The van der Waals surface area contributed by atoms with E-state index in [1.807, 2.05) is 24.9 Å². The molecule has 144 valence electrons. The van der Waals surface area contributed by atoms with E-state index in [4.69, 9.17) is 9.47 Å². The highest BCUT2D eigenvalue weighted by atomic mass is 32.2. The lowest BCUT2D eigenvalue weighted by atomic mass is 9.84. The number of nitrogens with one attached hydrogen (secondary N) is 2. The molecule has 1 aromatic rings. The third kappa shape index (κ3) is 4.58. The normalized spacial score (nSPS) is 23.0. The molecule has 0 spiro atoms. The Morgan fingerprint density at radius 3 is 2.69 bits per heavy atom. The van der Waals surface area contributed by atoms with E-state index in [0.29, 0.717) is 19.3 Å². The average Bonchev–Trinajstić information content (AvgIpc) is 3.12. The predicted molar refractivity (Wildman–Crippen MR) is 110 cm³/mol. The summed E-state index contributed by atoms with van der Waals surface area (Å²) >= 11 is 1.97. The zero-order valence-corrected chi connectivity index (χ0v) is 17.1. The van der Waals surface area contributed by atoms with Crippen LogP contribution in [-0.2, 0) is 5.41 Å². The Morgan fingerprint density at radius 2 is 2.00 bits per heavy atom. The number of hydrogen-bond acceptors (Lipinski definition) is 4. The third-order valence-corrected chi connectivity index (χ3v) is 6.40. The molecule has 2 unspecified atom stereocenters. The first-order valence-electron chi connectivity index (χ1n) is 9.42. The minimum Gasteiger partial charge on any atom is -0.486 e. The molecule has 1 aliphatic heterocycles. The van der Waals surface area contributed by atoms with Crippen molar-refractivity contribution in [1.29, 1.82) is 0 Å². The van der Waals surface area contributed by atoms with Crippen molar-refractivity contribution >= 4 is 17.7 Å². The number of thioether (sulfide) groups is 1. The lowest BCUT2D eigenvalue weighted by Gasteiger charge is -2.29. The number of benzene rings is 1. The van der Waals surface area contributed by atoms with Crippen molar-refractivity contribution in [2.75, 3.05) is 33.1 Å². The van der Waals surface area contributed by atoms with Crippen molar-refractivity contribution in [1.82, 2.24) is 10.6 Å². The number of guanidine groups is 1. The summed E-state index contributed by atoms with van der Waals surface area (Å²) in [5.74, 6) is 2.58. The number of ether oxygens (including phenoxy) is 2. The first-order chi connectivity index (χ1) is 12.5. The van der Waals surface area contributed by atoms with Gasteiger partial charge in [-0.1, -0.05) is 19.9 Å². The maximum absolute atomic E-state index is 5.73. The average molecular weight is 378 g/mol. The number of hydrogen-bond donors (Lipinski definition) is 2. The van der Waals surface area contributed by atoms with Crippen LogP contribution in [-0.4, -0.2) is 50.3 Å². The van der Waals surface area contributed by atoms with E-state index >= 15 is 0 Å². The van der Waals surface area contributed by atoms with E-state index in [-0.39, 0.29) is 5.41 Å². The Balaban J connectivity index is 1.58. The van der Waals surface area contributed by atoms with Gasteiger partial charge in [-0.05, 0) is 43.2 Å². The summed E-state index contributed by atoms with van der Waals surface area (Å²) in [5.41, 5.74) is 1.18. The third-order valence-electron chi connectivity index (χ3n) is 5.30. The largest absolute Gasteiger partial charge is 0.486 e. The van der Waals surface area contributed by atoms with Gasteiger partial charge in [-0.2, -0.15) is 11.8 Å². The smallest absolute Gasteiger partial charge is 0.191 e. The van der Waals surface area contributed by atoms with Gasteiger partial charge in [0.2, 0.25) is 0 Å². The lowest BCUT2D eigenvalue weighted by Crippen LogP contribution is -2.46. The van der Waals surface area contributed by atoms with Crippen LogP contribution < -0.4 is 20.1 Å². The van der Waals surface area contributed by atoms with Crippen molar-refractivity contribution in [3.05, 3.63) is 23.8 Å². The fourth-order valence-electron chi connectivity index (χ4n) is 3.54. The number of rotatable bonds is 5. The Labute approximate surface area is 161 Å². The predicted octanol–water partition coefficient (Wildman–Crippen LogP) is 3.18. The zero-order valence-electron chi connectivity index (χ0n) is 16.3. The molecule has 0 saturated heterocycles. The number of nitrogens with zero attached hydrogens (tertiary/aromatic N) is 1. The molecule has 1 saturated carbocycles. The summed E-state index contributed by atoms with van der Waals surface area (Å²) in [5, 5.41) is 7.87. The van der Waals surface area contributed by atoms with Crippen LogP contribution in [0.5, 0.6) is 11.5 Å². The van der Waals surface area contributed by atoms with Gasteiger partial charge in [0.25, 0.3) is 0 Å². The van der Waals surface area contributed by atoms with Gasteiger partial charge in [0.1, 0.15) is 13.2 Å². The van der Waals surface area contributed by atoms with Gasteiger partial charge >= 0.3 is 0 Å². The highest BCUT2D eigenvalue weighted by Gasteiger charge is 2.26. The summed E-state index contributed by atoms with van der Waals surface area (Å²) < 4.78 is 11.4. The van der Waals surface area contributed by atoms with Crippen LogP contribution >= 0.6 is 11.8 Å². The van der Waals surface area contributed by atoms with Gasteiger partial charge in [-0.15, -0.1) is 0 Å². The molecule has 6 heteroatoms. The topological polar surface area (TPSA) is 54.9 Å². The summed E-state index contributed by atoms with van der Waals surface area (Å²) in [7, 11) is 1.84. The Bertz CT molecular complexity index is 648. The summed E-state index contributed by atoms with van der Waals surface area (Å²) in [6.45, 7) is 6.50. The Kier molecular flexibility index (Phi) is 6.22. The molecule has 0 bridgehead atoms. The van der Waals surface area contributed by atoms with Crippen LogP contribution in [0.15, 0.2) is 23.2 Å². The second-order valence-corrected chi connectivity index (χ2v) is 8.82. The van der Waals surface area contributed by atoms with Gasteiger partial charge < -0.3 is 20.1 Å². The lowest BCUT2D eigenvalue weighted by molar-refractivity contribution is 0.171. The van der Waals surface area contributed by atoms with Crippen molar-refractivity contribution in [3.8, 4) is 11.5 Å². The standard InChI is InChI=1S/C20H31N3O2S/c1-20(2,14-5-8-17-18(11-14)25-10-9-24-17)13-22-19(21-3)23-15-6-7-16(12-15)26-4/h5,8,11,15-16H,6-7,9-10,12-13H2,1-4H3,(H2,21,22,23). The minimum atomic E-state index is -0.0507. The van der Waals surface area contributed by atoms with E-state index in [1.54, 1.807) is 0 Å². The Hall–Kier alpha value is -1.56. The SMILES string of the molecule is CN=C(NCC(C)(C)c1ccc2c(c1)OCCO2)NC1CCC(SC)C1. The molecule has 26 heavy (non-hydrogen) atoms. The van der Waals surface area contributed by atoms with Crippen LogP contribution in [0.1, 0.15) is 38.7 Å². The molecule has 1 heterocycles. The molecule has 0 aromatic heterocycles. The fourth-order valence-corrected chi connectivity index (χ4v) is 4.34. The van der Waals surface area contributed by atoms with Crippen molar-refractivity contribution in [2.24, 2.45) is 4.99 Å². The van der Waals surface area contributed by atoms with Crippen LogP contribution in [0.25, 0.3) is 0 Å². The molecule has 5 nitrogen and oxygen atoms in total. The van der Waals surface area contributed by atoms with E-state index in [1.165, 1.54) is 24.8 Å². The van der Waals surface area contributed by atoms with Crippen LogP contribution in [0, 0.1) is 0 Å². The number of fused-ring (bicyclic) bond motifs is 1. The zero-order chi connectivity index (χ0) is 18.6. The Morgan fingerprint density at radius 1 is 1.23 bits per heavy atom. The molecule has 1 aliphatic carbocycles. The van der Waals surface area contributed by atoms with Gasteiger partial charge in [0.15, 0.2) is 17.5 Å². The van der Waals surface area contributed by atoms with Crippen molar-refractivity contribution in [2.45, 2.75) is 49.8 Å². The van der Waals surface area contributed by atoms with Crippen molar-refractivity contribution < 1.29 is 9.47 Å². The molecular weight excluding hydrogens is 346 g/mol. The van der Waals surface area contributed by atoms with E-state index in [0.717, 1.165) is 29.3 Å². The minimum absolute atomic E-state index is 0.0507. The van der Waals surface area contributed by atoms with Crippen LogP contribution in [0.3, 0.4) is 0 Å². The van der Waals surface area contributed by atoms with Crippen LogP contribution in [0.2, 0.25) is 0 Å². The van der Waals surface area contributed by atoms with Crippen LogP contribution in [0.4, 0.5) is 0 Å². The molecule has 1 aromatic carbocycles. The maximum atomic E-state index is 5.73. The highest BCUT2D eigenvalue weighted by Crippen LogP contribution is 2.35. The molecule has 2 aliphatic rings. The molecule has 0 radical (unpaired) electrons. The maximum Gasteiger partial charge on any atom is 0.191 e. The molecule has 0 amide bonds. The monoisotopic (exact) mass is 377 g/mol. The first kappa shape index (κ1) is 19.2. The summed E-state index contributed by atoms with van der Waals surface area (Å²) in [6, 6.07) is 6.77. The van der Waals surface area contributed by atoms with E-state index < -0.39 is 0 Å². The molecule has 1 fully saturated rings. The van der Waals surface area contributed by atoms with Crippen molar-refractivity contribution in [3.63, 3.8) is 0 Å². The quantitative estimate of drug-likeness (QED) is 0.610. The first-order valence-corrected chi connectivity index (χ1v) is 10.7. The molecule has 2 N–H and O–H groups in total. The molecular formula is C20H31N3O2S. The second kappa shape index (κ2) is 8.42. The van der Waals surface area contributed by atoms with Gasteiger partial charge in [-0.25, -0.2) is 0 Å². The second-order valence-electron chi connectivity index (χ2n) is 7.68. The van der Waals surface area contributed by atoms with Gasteiger partial charge in [0, 0.05) is 30.3 Å². The summed E-state index contributed by atoms with van der Waals surface area (Å²) in [6.07, 6.45) is 5.93. The molecule has 2 atom stereocenters. The number of aliphatic imine (C=N–C) groups is 1. The van der Waals surface area contributed by atoms with E-state index in [2.05, 4.69) is 47.9 Å². The van der Waals surface area contributed by atoms with Gasteiger partial charge in [-0.3, -0.25) is 4.99 Å². The van der Waals surface area contributed by atoms with Gasteiger partial charge in [0.05, 0.1) is 0 Å². The highest BCUT2D eigenvalue weighted by molar-refractivity contribution is 7.99. The summed E-state index contributed by atoms with van der Waals surface area (Å²) in [4.78, 5) is 4.41. The molecule has 3 rings (SSSR count). The fraction of sp³-hybridized carbons (Fsp3) is 0.650.